The second-order valence-corrected chi connectivity index (χ2v) is 1.94. The fourth-order valence-corrected chi connectivity index (χ4v) is 0.501. The number of halogens is 1. The van der Waals surface area contributed by atoms with Crippen LogP contribution in [-0.2, 0) is 0 Å². The Hall–Kier alpha value is -0.990. The molecule has 1 aromatic heterocycles. The molecule has 0 saturated heterocycles. The number of aromatic nitrogens is 2. The van der Waals surface area contributed by atoms with Crippen molar-refractivity contribution in [1.29, 1.82) is 0 Å². The SMILES string of the molecule is Cc1cnnc(F)c1C. The van der Waals surface area contributed by atoms with Crippen molar-refractivity contribution in [3.63, 3.8) is 0 Å². The van der Waals surface area contributed by atoms with Gasteiger partial charge in [-0.15, -0.1) is 5.10 Å². The predicted octanol–water partition coefficient (Wildman–Crippen LogP) is 1.23. The average molecular weight is 126 g/mol. The van der Waals surface area contributed by atoms with Crippen molar-refractivity contribution in [2.45, 2.75) is 13.8 Å². The van der Waals surface area contributed by atoms with Gasteiger partial charge in [-0.2, -0.15) is 9.49 Å². The fourth-order valence-electron chi connectivity index (χ4n) is 0.501. The molecule has 0 amide bonds. The molecule has 0 saturated carbocycles. The van der Waals surface area contributed by atoms with E-state index in [9.17, 15) is 4.39 Å². The van der Waals surface area contributed by atoms with Crippen LogP contribution < -0.4 is 0 Å². The van der Waals surface area contributed by atoms with Crippen molar-refractivity contribution < 1.29 is 4.39 Å². The lowest BCUT2D eigenvalue weighted by Gasteiger charge is -1.95. The molecule has 0 N–H and O–H groups in total. The number of hydrogen-bond acceptors (Lipinski definition) is 2. The van der Waals surface area contributed by atoms with Crippen molar-refractivity contribution >= 4 is 0 Å². The van der Waals surface area contributed by atoms with Gasteiger partial charge >= 0.3 is 0 Å². The van der Waals surface area contributed by atoms with Gasteiger partial charge in [0.25, 0.3) is 0 Å². The first-order valence-electron chi connectivity index (χ1n) is 2.66. The van der Waals surface area contributed by atoms with Gasteiger partial charge in [-0.1, -0.05) is 0 Å². The molecule has 0 unspecified atom stereocenters. The fraction of sp³-hybridized carbons (Fsp3) is 0.333. The van der Waals surface area contributed by atoms with Crippen molar-refractivity contribution in [3.8, 4) is 0 Å². The minimum Gasteiger partial charge on any atom is -0.183 e. The van der Waals surface area contributed by atoms with Crippen molar-refractivity contribution in [3.05, 3.63) is 23.3 Å². The molecule has 0 bridgehead atoms. The molecule has 1 heterocycles. The highest BCUT2D eigenvalue weighted by Gasteiger charge is 1.98. The summed E-state index contributed by atoms with van der Waals surface area (Å²) >= 11 is 0. The lowest BCUT2D eigenvalue weighted by molar-refractivity contribution is 0.551. The summed E-state index contributed by atoms with van der Waals surface area (Å²) in [5, 5.41) is 6.64. The van der Waals surface area contributed by atoms with Gasteiger partial charge in [0.15, 0.2) is 0 Å². The standard InChI is InChI=1S/C6H7FN2/c1-4-3-8-9-6(7)5(4)2/h3H,1-2H3. The van der Waals surface area contributed by atoms with Crippen LogP contribution >= 0.6 is 0 Å². The van der Waals surface area contributed by atoms with Crippen LogP contribution in [0.25, 0.3) is 0 Å². The molecule has 0 aromatic carbocycles. The highest BCUT2D eigenvalue weighted by atomic mass is 19.1. The topological polar surface area (TPSA) is 25.8 Å². The third-order valence-electron chi connectivity index (χ3n) is 1.30. The van der Waals surface area contributed by atoms with Gasteiger partial charge in [-0.25, -0.2) is 0 Å². The number of rotatable bonds is 0. The Bertz CT molecular complexity index is 202. The summed E-state index contributed by atoms with van der Waals surface area (Å²) in [6.07, 6.45) is 1.54. The van der Waals surface area contributed by atoms with Crippen LogP contribution in [0.2, 0.25) is 0 Å². The van der Waals surface area contributed by atoms with Crippen LogP contribution in [0, 0.1) is 19.8 Å². The molecule has 9 heavy (non-hydrogen) atoms. The maximum atomic E-state index is 12.4. The van der Waals surface area contributed by atoms with E-state index in [2.05, 4.69) is 10.2 Å². The molecule has 2 nitrogen and oxygen atoms in total. The van der Waals surface area contributed by atoms with Crippen molar-refractivity contribution in [1.82, 2.24) is 10.2 Å². The van der Waals surface area contributed by atoms with Crippen LogP contribution in [0.1, 0.15) is 11.1 Å². The molecule has 1 aromatic rings. The van der Waals surface area contributed by atoms with Crippen LogP contribution in [0.15, 0.2) is 6.20 Å². The van der Waals surface area contributed by atoms with Gasteiger partial charge in [0, 0.05) is 5.56 Å². The Morgan fingerprint density at radius 2 is 2.11 bits per heavy atom. The molecule has 1 rings (SSSR count). The summed E-state index contributed by atoms with van der Waals surface area (Å²) < 4.78 is 12.4. The van der Waals surface area contributed by atoms with Crippen LogP contribution in [0.5, 0.6) is 0 Å². The quantitative estimate of drug-likeness (QED) is 0.522. The third kappa shape index (κ3) is 1.04. The van der Waals surface area contributed by atoms with E-state index in [4.69, 9.17) is 0 Å². The lowest BCUT2D eigenvalue weighted by Crippen LogP contribution is -1.93. The maximum absolute atomic E-state index is 12.4. The van der Waals surface area contributed by atoms with E-state index >= 15 is 0 Å². The zero-order valence-corrected chi connectivity index (χ0v) is 5.35. The van der Waals surface area contributed by atoms with Gasteiger partial charge < -0.3 is 0 Å². The zero-order valence-electron chi connectivity index (χ0n) is 5.35. The summed E-state index contributed by atoms with van der Waals surface area (Å²) in [6, 6.07) is 0. The van der Waals surface area contributed by atoms with Gasteiger partial charge in [0.1, 0.15) is 0 Å². The monoisotopic (exact) mass is 126 g/mol. The predicted molar refractivity (Wildman–Crippen MR) is 31.5 cm³/mol. The number of aryl methyl sites for hydroxylation is 1. The molecule has 48 valence electrons. The Balaban J connectivity index is 3.25. The van der Waals surface area contributed by atoms with E-state index in [1.807, 2.05) is 0 Å². The molecule has 0 aliphatic carbocycles. The van der Waals surface area contributed by atoms with E-state index in [0.29, 0.717) is 5.56 Å². The van der Waals surface area contributed by atoms with Gasteiger partial charge in [-0.05, 0) is 19.4 Å². The normalized spacial score (nSPS) is 9.67. The highest BCUT2D eigenvalue weighted by molar-refractivity contribution is 5.17. The van der Waals surface area contributed by atoms with Gasteiger partial charge in [-0.3, -0.25) is 0 Å². The van der Waals surface area contributed by atoms with Crippen LogP contribution in [0.3, 0.4) is 0 Å². The van der Waals surface area contributed by atoms with Crippen molar-refractivity contribution in [2.75, 3.05) is 0 Å². The number of nitrogens with zero attached hydrogens (tertiary/aromatic N) is 2. The van der Waals surface area contributed by atoms with E-state index in [1.54, 1.807) is 20.0 Å². The lowest BCUT2D eigenvalue weighted by atomic mass is 10.2. The minimum absolute atomic E-state index is 0.477. The summed E-state index contributed by atoms with van der Waals surface area (Å²) in [6.45, 7) is 3.48. The highest BCUT2D eigenvalue weighted by Crippen LogP contribution is 2.04. The summed E-state index contributed by atoms with van der Waals surface area (Å²) in [4.78, 5) is 0. The largest absolute Gasteiger partial charge is 0.236 e. The van der Waals surface area contributed by atoms with Crippen LogP contribution in [0.4, 0.5) is 4.39 Å². The molecule has 0 spiro atoms. The molecule has 0 aliphatic heterocycles. The first-order valence-corrected chi connectivity index (χ1v) is 2.66. The third-order valence-corrected chi connectivity index (χ3v) is 1.30. The van der Waals surface area contributed by atoms with Crippen LogP contribution in [-0.4, -0.2) is 10.2 Å². The smallest absolute Gasteiger partial charge is 0.183 e. The molecular formula is C6H7FN2. The first-order chi connectivity index (χ1) is 4.22. The molecule has 0 radical (unpaired) electrons. The first kappa shape index (κ1) is 6.13. The Labute approximate surface area is 52.7 Å². The van der Waals surface area contributed by atoms with E-state index < -0.39 is 5.95 Å². The zero-order chi connectivity index (χ0) is 6.85. The Kier molecular flexibility index (Phi) is 1.42. The number of hydrogen-bond donors (Lipinski definition) is 0. The molecular weight excluding hydrogens is 119 g/mol. The Morgan fingerprint density at radius 1 is 1.44 bits per heavy atom. The molecule has 3 heteroatoms. The summed E-state index contributed by atoms with van der Waals surface area (Å²) in [5.41, 5.74) is 1.41. The van der Waals surface area contributed by atoms with E-state index in [0.717, 1.165) is 5.56 Å². The summed E-state index contributed by atoms with van der Waals surface area (Å²) in [7, 11) is 0. The van der Waals surface area contributed by atoms with E-state index in [1.165, 1.54) is 0 Å². The van der Waals surface area contributed by atoms with E-state index in [-0.39, 0.29) is 0 Å². The second-order valence-electron chi connectivity index (χ2n) is 1.94. The van der Waals surface area contributed by atoms with Crippen molar-refractivity contribution in [2.24, 2.45) is 0 Å². The second kappa shape index (κ2) is 2.09. The molecule has 0 atom stereocenters. The molecule has 0 fully saturated rings. The molecule has 0 aliphatic rings. The maximum Gasteiger partial charge on any atom is 0.236 e. The Morgan fingerprint density at radius 3 is 2.56 bits per heavy atom. The average Bonchev–Trinajstić information content (AvgIpc) is 1.83. The summed E-state index contributed by atoms with van der Waals surface area (Å²) in [5.74, 6) is -0.477. The van der Waals surface area contributed by atoms with Gasteiger partial charge in [0.05, 0.1) is 6.20 Å². The van der Waals surface area contributed by atoms with Gasteiger partial charge in [0.2, 0.25) is 5.95 Å². The minimum atomic E-state index is -0.477.